The van der Waals surface area contributed by atoms with Gasteiger partial charge in [0, 0.05) is 25.9 Å². The lowest BCUT2D eigenvalue weighted by molar-refractivity contribution is -0.145. The molecule has 0 aromatic heterocycles. The predicted molar refractivity (Wildman–Crippen MR) is 128 cm³/mol. The number of ether oxygens (including phenoxy) is 1. The molecule has 2 atom stereocenters. The van der Waals surface area contributed by atoms with E-state index in [1.54, 1.807) is 4.90 Å². The Bertz CT molecular complexity index is 962. The summed E-state index contributed by atoms with van der Waals surface area (Å²) in [6.07, 6.45) is 4.87. The monoisotopic (exact) mass is 464 g/mol. The molecule has 0 aliphatic carbocycles. The van der Waals surface area contributed by atoms with Crippen molar-refractivity contribution in [1.82, 2.24) is 10.2 Å². The van der Waals surface area contributed by atoms with E-state index in [1.807, 2.05) is 72.8 Å². The molecule has 1 aliphatic rings. The zero-order chi connectivity index (χ0) is 24.2. The Hall–Kier alpha value is -3.45. The van der Waals surface area contributed by atoms with Crippen LogP contribution in [0.3, 0.4) is 0 Å². The van der Waals surface area contributed by atoms with E-state index < -0.39 is 12.0 Å². The van der Waals surface area contributed by atoms with Gasteiger partial charge in [-0.1, -0.05) is 72.8 Å². The number of aliphatic hydroxyl groups is 1. The van der Waals surface area contributed by atoms with Crippen molar-refractivity contribution in [2.45, 2.75) is 38.3 Å². The van der Waals surface area contributed by atoms with Crippen molar-refractivity contribution in [2.75, 3.05) is 19.8 Å². The fourth-order valence-electron chi connectivity index (χ4n) is 3.86. The minimum absolute atomic E-state index is 0.0182. The summed E-state index contributed by atoms with van der Waals surface area (Å²) < 4.78 is 5.39. The third kappa shape index (κ3) is 7.85. The zero-order valence-electron chi connectivity index (χ0n) is 19.3. The van der Waals surface area contributed by atoms with Crippen LogP contribution in [-0.2, 0) is 25.7 Å². The highest BCUT2D eigenvalue weighted by Gasteiger charge is 2.27. The maximum absolute atomic E-state index is 13.3. The minimum atomic E-state index is -0.581. The summed E-state index contributed by atoms with van der Waals surface area (Å²) in [5.74, 6) is -1.36. The number of nitrogens with zero attached hydrogens (tertiary/aromatic N) is 1. The van der Waals surface area contributed by atoms with Crippen LogP contribution in [0.1, 0.15) is 42.9 Å². The predicted octanol–water partition coefficient (Wildman–Crippen LogP) is 3.15. The molecule has 2 aromatic rings. The number of hydrogen-bond acceptors (Lipinski definition) is 5. The molecule has 34 heavy (non-hydrogen) atoms. The summed E-state index contributed by atoms with van der Waals surface area (Å²) in [7, 11) is 0. The Morgan fingerprint density at radius 2 is 1.74 bits per heavy atom. The van der Waals surface area contributed by atoms with Gasteiger partial charge in [-0.15, -0.1) is 0 Å². The topological polar surface area (TPSA) is 95.9 Å². The van der Waals surface area contributed by atoms with Crippen LogP contribution in [0.25, 0.3) is 0 Å². The molecule has 0 spiro atoms. The third-order valence-corrected chi connectivity index (χ3v) is 5.76. The first-order chi connectivity index (χ1) is 16.6. The fourth-order valence-corrected chi connectivity index (χ4v) is 3.86. The van der Waals surface area contributed by atoms with E-state index >= 15 is 0 Å². The highest BCUT2D eigenvalue weighted by molar-refractivity contribution is 5.86. The molecule has 0 saturated heterocycles. The van der Waals surface area contributed by atoms with Gasteiger partial charge in [0.1, 0.15) is 6.61 Å². The van der Waals surface area contributed by atoms with Gasteiger partial charge in [-0.3, -0.25) is 14.4 Å². The van der Waals surface area contributed by atoms with Crippen LogP contribution in [0.2, 0.25) is 0 Å². The van der Waals surface area contributed by atoms with Crippen molar-refractivity contribution in [3.63, 3.8) is 0 Å². The third-order valence-electron chi connectivity index (χ3n) is 5.76. The van der Waals surface area contributed by atoms with E-state index in [0.29, 0.717) is 19.4 Å². The number of carbonyl (C=O) groups excluding carboxylic acids is 3. The molecule has 0 fully saturated rings. The number of benzene rings is 2. The molecule has 180 valence electrons. The summed E-state index contributed by atoms with van der Waals surface area (Å²) >= 11 is 0. The lowest BCUT2D eigenvalue weighted by Gasteiger charge is -2.26. The number of rotatable bonds is 7. The first-order valence-corrected chi connectivity index (χ1v) is 11.7. The van der Waals surface area contributed by atoms with Gasteiger partial charge in [-0.25, -0.2) is 0 Å². The van der Waals surface area contributed by atoms with E-state index in [1.165, 1.54) is 0 Å². The number of esters is 1. The van der Waals surface area contributed by atoms with Crippen LogP contribution in [0.15, 0.2) is 72.8 Å². The number of cyclic esters (lactones) is 1. The zero-order valence-corrected chi connectivity index (χ0v) is 19.3. The van der Waals surface area contributed by atoms with Crippen molar-refractivity contribution in [2.24, 2.45) is 5.92 Å². The summed E-state index contributed by atoms with van der Waals surface area (Å²) in [6, 6.07) is 18.4. The number of carbonyl (C=O) groups is 3. The number of nitrogens with one attached hydrogen (secondary N) is 1. The molecule has 2 amide bonds. The van der Waals surface area contributed by atoms with Gasteiger partial charge in [0.25, 0.3) is 0 Å². The van der Waals surface area contributed by atoms with E-state index in [9.17, 15) is 19.5 Å². The molecule has 7 nitrogen and oxygen atoms in total. The van der Waals surface area contributed by atoms with Crippen molar-refractivity contribution in [3.8, 4) is 0 Å². The summed E-state index contributed by atoms with van der Waals surface area (Å²) in [5, 5.41) is 12.5. The fraction of sp³-hybridized carbons (Fsp3) is 0.370. The molecule has 1 aliphatic heterocycles. The molecule has 0 bridgehead atoms. The van der Waals surface area contributed by atoms with Crippen molar-refractivity contribution < 1.29 is 24.2 Å². The Morgan fingerprint density at radius 3 is 2.44 bits per heavy atom. The molecule has 0 saturated carbocycles. The summed E-state index contributed by atoms with van der Waals surface area (Å²) in [6.45, 7) is 0.438. The SMILES string of the molecule is O=C1CCC=CC[C@H](CC(=O)N(CCO)Cc2ccccc2)C(=O)N[C@@H](c2ccccc2)CO1. The molecular formula is C27H32N2O5. The lowest BCUT2D eigenvalue weighted by Crippen LogP contribution is -2.40. The second kappa shape index (κ2) is 13.3. The lowest BCUT2D eigenvalue weighted by atomic mass is 9.97. The maximum atomic E-state index is 13.3. The van der Waals surface area contributed by atoms with Crippen LogP contribution in [0.5, 0.6) is 0 Å². The van der Waals surface area contributed by atoms with Crippen molar-refractivity contribution >= 4 is 17.8 Å². The average molecular weight is 465 g/mol. The molecule has 7 heteroatoms. The smallest absolute Gasteiger partial charge is 0.306 e. The number of amides is 2. The molecule has 3 rings (SSSR count). The summed E-state index contributed by atoms with van der Waals surface area (Å²) in [4.78, 5) is 40.0. The molecule has 2 N–H and O–H groups in total. The molecule has 0 unspecified atom stereocenters. The number of hydrogen-bond donors (Lipinski definition) is 2. The first kappa shape index (κ1) is 25.2. The van der Waals surface area contributed by atoms with Crippen LogP contribution in [0.4, 0.5) is 0 Å². The van der Waals surface area contributed by atoms with Crippen LogP contribution < -0.4 is 5.32 Å². The Balaban J connectivity index is 1.76. The summed E-state index contributed by atoms with van der Waals surface area (Å²) in [5.41, 5.74) is 1.78. The van der Waals surface area contributed by atoms with Crippen LogP contribution in [0, 0.1) is 5.92 Å². The van der Waals surface area contributed by atoms with Crippen molar-refractivity contribution in [1.29, 1.82) is 0 Å². The van der Waals surface area contributed by atoms with Gasteiger partial charge in [-0.05, 0) is 24.0 Å². The Labute approximate surface area is 200 Å². The van der Waals surface area contributed by atoms with E-state index in [4.69, 9.17) is 4.74 Å². The Morgan fingerprint density at radius 1 is 1.03 bits per heavy atom. The van der Waals surface area contributed by atoms with Gasteiger partial charge in [0.05, 0.1) is 18.6 Å². The van der Waals surface area contributed by atoms with Gasteiger partial charge in [0.2, 0.25) is 11.8 Å². The maximum Gasteiger partial charge on any atom is 0.306 e. The number of allylic oxidation sites excluding steroid dienone is 2. The van der Waals surface area contributed by atoms with Gasteiger partial charge in [0.15, 0.2) is 0 Å². The van der Waals surface area contributed by atoms with E-state index in [0.717, 1.165) is 11.1 Å². The van der Waals surface area contributed by atoms with Crippen LogP contribution in [-0.4, -0.2) is 47.5 Å². The standard InChI is InChI=1S/C27H32N2O5/c30-17-16-29(19-21-10-4-1-5-11-21)25(31)18-23-14-8-3-9-15-26(32)34-20-24(28-27(23)33)22-12-6-2-7-13-22/h1-8,10-13,23-24,30H,9,14-20H2,(H,28,33)/t23-,24-/m1/s1. The first-order valence-electron chi connectivity index (χ1n) is 11.7. The van der Waals surface area contributed by atoms with Gasteiger partial charge >= 0.3 is 5.97 Å². The molecule has 2 aromatic carbocycles. The van der Waals surface area contributed by atoms with Gasteiger partial charge in [-0.2, -0.15) is 0 Å². The highest BCUT2D eigenvalue weighted by Crippen LogP contribution is 2.20. The van der Waals surface area contributed by atoms with Crippen molar-refractivity contribution in [3.05, 3.63) is 83.9 Å². The number of aliphatic hydroxyl groups excluding tert-OH is 1. The van der Waals surface area contributed by atoms with Crippen LogP contribution >= 0.6 is 0 Å². The second-order valence-corrected chi connectivity index (χ2v) is 8.33. The second-order valence-electron chi connectivity index (χ2n) is 8.33. The minimum Gasteiger partial charge on any atom is -0.463 e. The quantitative estimate of drug-likeness (QED) is 0.485. The average Bonchev–Trinajstić information content (AvgIpc) is 2.85. The van der Waals surface area contributed by atoms with E-state index in [-0.39, 0.29) is 50.4 Å². The molecular weight excluding hydrogens is 432 g/mol. The Kier molecular flexibility index (Phi) is 9.85. The highest BCUT2D eigenvalue weighted by atomic mass is 16.5. The molecule has 1 heterocycles. The van der Waals surface area contributed by atoms with E-state index in [2.05, 4.69) is 5.32 Å². The largest absolute Gasteiger partial charge is 0.463 e. The van der Waals surface area contributed by atoms with Gasteiger partial charge < -0.3 is 20.1 Å². The normalized spacial score (nSPS) is 19.3. The molecule has 0 radical (unpaired) electrons.